The fraction of sp³-hybridized carbons (Fsp3) is 0.0667. The first-order valence-corrected chi connectivity index (χ1v) is 6.02. The van der Waals surface area contributed by atoms with Crippen molar-refractivity contribution in [2.45, 2.75) is 6.10 Å². The molecule has 2 aromatic carbocycles. The molecule has 1 atom stereocenters. The Morgan fingerprint density at radius 2 is 1.76 bits per heavy atom. The van der Waals surface area contributed by atoms with E-state index in [2.05, 4.69) is 0 Å². The van der Waals surface area contributed by atoms with Gasteiger partial charge in [0.2, 0.25) is 6.10 Å². The molecule has 0 amide bonds. The van der Waals surface area contributed by atoms with Crippen molar-refractivity contribution in [3.63, 3.8) is 0 Å². The van der Waals surface area contributed by atoms with Gasteiger partial charge >= 0.3 is 5.97 Å². The minimum absolute atomic E-state index is 0.0928. The number of nitro groups is 1. The number of nitriles is 1. The quantitative estimate of drug-likeness (QED) is 0.488. The molecule has 0 aliphatic heterocycles. The van der Waals surface area contributed by atoms with Crippen LogP contribution in [0, 0.1) is 21.4 Å². The van der Waals surface area contributed by atoms with E-state index in [0.29, 0.717) is 11.1 Å². The molecule has 6 heteroatoms. The van der Waals surface area contributed by atoms with Crippen molar-refractivity contribution in [3.05, 3.63) is 75.8 Å². The summed E-state index contributed by atoms with van der Waals surface area (Å²) in [5.74, 6) is -0.625. The van der Waals surface area contributed by atoms with Gasteiger partial charge in [-0.3, -0.25) is 10.1 Å². The predicted molar refractivity (Wildman–Crippen MR) is 73.3 cm³/mol. The first-order chi connectivity index (χ1) is 10.1. The number of nitrogens with zero attached hydrogens (tertiary/aromatic N) is 2. The first-order valence-electron chi connectivity index (χ1n) is 6.02. The lowest BCUT2D eigenvalue weighted by molar-refractivity contribution is -0.384. The second kappa shape index (κ2) is 6.30. The fourth-order valence-electron chi connectivity index (χ4n) is 1.69. The highest BCUT2D eigenvalue weighted by atomic mass is 16.6. The molecule has 0 saturated carbocycles. The van der Waals surface area contributed by atoms with E-state index in [-0.39, 0.29) is 5.69 Å². The van der Waals surface area contributed by atoms with Gasteiger partial charge in [0.05, 0.1) is 10.5 Å². The van der Waals surface area contributed by atoms with Gasteiger partial charge in [-0.05, 0) is 24.3 Å². The number of ether oxygens (including phenoxy) is 1. The number of nitro benzene ring substituents is 1. The van der Waals surface area contributed by atoms with E-state index < -0.39 is 17.0 Å². The van der Waals surface area contributed by atoms with Gasteiger partial charge < -0.3 is 4.74 Å². The lowest BCUT2D eigenvalue weighted by atomic mass is 10.1. The van der Waals surface area contributed by atoms with Gasteiger partial charge in [0.25, 0.3) is 5.69 Å². The van der Waals surface area contributed by atoms with Crippen LogP contribution in [0.5, 0.6) is 0 Å². The molecule has 0 fully saturated rings. The largest absolute Gasteiger partial charge is 0.438 e. The minimum atomic E-state index is -1.11. The summed E-state index contributed by atoms with van der Waals surface area (Å²) < 4.78 is 5.10. The van der Waals surface area contributed by atoms with Crippen LogP contribution in [0.3, 0.4) is 0 Å². The molecule has 0 radical (unpaired) electrons. The van der Waals surface area contributed by atoms with Crippen LogP contribution in [0.15, 0.2) is 54.6 Å². The molecule has 0 saturated heterocycles. The average molecular weight is 282 g/mol. The van der Waals surface area contributed by atoms with E-state index in [1.54, 1.807) is 30.3 Å². The van der Waals surface area contributed by atoms with Crippen molar-refractivity contribution in [2.24, 2.45) is 0 Å². The van der Waals surface area contributed by atoms with Crippen LogP contribution >= 0.6 is 0 Å². The van der Waals surface area contributed by atoms with E-state index in [9.17, 15) is 14.9 Å². The molecule has 6 nitrogen and oxygen atoms in total. The lowest BCUT2D eigenvalue weighted by Gasteiger charge is -2.11. The number of hydrogen-bond donors (Lipinski definition) is 0. The second-order valence-electron chi connectivity index (χ2n) is 4.13. The van der Waals surface area contributed by atoms with Crippen molar-refractivity contribution in [1.82, 2.24) is 0 Å². The van der Waals surface area contributed by atoms with E-state index >= 15 is 0 Å². The zero-order valence-corrected chi connectivity index (χ0v) is 10.8. The first kappa shape index (κ1) is 14.2. The smallest absolute Gasteiger partial charge is 0.339 e. The van der Waals surface area contributed by atoms with Gasteiger partial charge in [-0.25, -0.2) is 4.79 Å². The molecule has 0 unspecified atom stereocenters. The molecule has 2 rings (SSSR count). The highest BCUT2D eigenvalue weighted by Gasteiger charge is 2.18. The van der Waals surface area contributed by atoms with Crippen molar-refractivity contribution in [2.75, 3.05) is 0 Å². The molecule has 2 aromatic rings. The summed E-state index contributed by atoms with van der Waals surface area (Å²) in [6.45, 7) is 0. The van der Waals surface area contributed by atoms with Crippen molar-refractivity contribution < 1.29 is 14.5 Å². The molecule has 21 heavy (non-hydrogen) atoms. The standard InChI is InChI=1S/C15H10N2O4/c16-10-14(11-6-8-13(9-7-11)17(19)20)21-15(18)12-4-2-1-3-5-12/h1-9,14H/t14-/m1/s1. The van der Waals surface area contributed by atoms with Crippen LogP contribution in [0.2, 0.25) is 0 Å². The van der Waals surface area contributed by atoms with E-state index in [0.717, 1.165) is 0 Å². The topological polar surface area (TPSA) is 93.2 Å². The summed E-state index contributed by atoms with van der Waals surface area (Å²) in [5.41, 5.74) is 0.622. The third-order valence-corrected chi connectivity index (χ3v) is 2.76. The minimum Gasteiger partial charge on any atom is -0.438 e. The molecule has 0 aliphatic carbocycles. The number of hydrogen-bond acceptors (Lipinski definition) is 5. The van der Waals surface area contributed by atoms with Gasteiger partial charge in [0.15, 0.2) is 0 Å². The van der Waals surface area contributed by atoms with Crippen LogP contribution < -0.4 is 0 Å². The fourth-order valence-corrected chi connectivity index (χ4v) is 1.69. The Bertz CT molecular complexity index is 690. The second-order valence-corrected chi connectivity index (χ2v) is 4.13. The van der Waals surface area contributed by atoms with Gasteiger partial charge in [0, 0.05) is 17.7 Å². The molecular formula is C15H10N2O4. The van der Waals surface area contributed by atoms with Gasteiger partial charge in [0.1, 0.15) is 6.07 Å². The van der Waals surface area contributed by atoms with Gasteiger partial charge in [-0.1, -0.05) is 18.2 Å². The van der Waals surface area contributed by atoms with Gasteiger partial charge in [-0.2, -0.15) is 5.26 Å². The van der Waals surface area contributed by atoms with Crippen molar-refractivity contribution in [3.8, 4) is 6.07 Å². The molecule has 0 heterocycles. The van der Waals surface area contributed by atoms with Crippen LogP contribution in [0.25, 0.3) is 0 Å². The zero-order valence-electron chi connectivity index (χ0n) is 10.8. The van der Waals surface area contributed by atoms with Crippen LogP contribution in [-0.4, -0.2) is 10.9 Å². The van der Waals surface area contributed by atoms with E-state index in [1.165, 1.54) is 24.3 Å². The summed E-state index contributed by atoms with van der Waals surface area (Å²) >= 11 is 0. The number of non-ortho nitro benzene ring substituents is 1. The molecule has 104 valence electrons. The Labute approximate surface area is 120 Å². The zero-order chi connectivity index (χ0) is 15.2. The predicted octanol–water partition coefficient (Wildman–Crippen LogP) is 3.02. The summed E-state index contributed by atoms with van der Waals surface area (Å²) in [5, 5.41) is 19.7. The molecule has 0 bridgehead atoms. The van der Waals surface area contributed by atoms with E-state index in [1.807, 2.05) is 6.07 Å². The monoisotopic (exact) mass is 282 g/mol. The maximum absolute atomic E-state index is 11.9. The number of benzene rings is 2. The normalized spacial score (nSPS) is 11.2. The summed E-state index contributed by atoms with van der Waals surface area (Å²) in [6, 6.07) is 15.4. The molecule has 0 spiro atoms. The maximum Gasteiger partial charge on any atom is 0.339 e. The molecule has 0 N–H and O–H groups in total. The van der Waals surface area contributed by atoms with Gasteiger partial charge in [-0.15, -0.1) is 0 Å². The lowest BCUT2D eigenvalue weighted by Crippen LogP contribution is -2.10. The Kier molecular flexibility index (Phi) is 4.26. The van der Waals surface area contributed by atoms with Crippen LogP contribution in [-0.2, 0) is 4.74 Å². The molecule has 0 aliphatic rings. The number of carbonyl (C=O) groups excluding carboxylic acids is 1. The Hall–Kier alpha value is -3.20. The highest BCUT2D eigenvalue weighted by molar-refractivity contribution is 5.89. The average Bonchev–Trinajstić information content (AvgIpc) is 2.53. The summed E-state index contributed by atoms with van der Waals surface area (Å²) in [7, 11) is 0. The Morgan fingerprint density at radius 3 is 2.29 bits per heavy atom. The Balaban J connectivity index is 2.15. The van der Waals surface area contributed by atoms with E-state index in [4.69, 9.17) is 10.00 Å². The summed E-state index contributed by atoms with van der Waals surface area (Å²) in [4.78, 5) is 21.9. The van der Waals surface area contributed by atoms with Crippen LogP contribution in [0.1, 0.15) is 22.0 Å². The third-order valence-electron chi connectivity index (χ3n) is 2.76. The Morgan fingerprint density at radius 1 is 1.14 bits per heavy atom. The van der Waals surface area contributed by atoms with Crippen molar-refractivity contribution in [1.29, 1.82) is 5.26 Å². The number of rotatable bonds is 4. The van der Waals surface area contributed by atoms with Crippen molar-refractivity contribution >= 4 is 11.7 Å². The van der Waals surface area contributed by atoms with Crippen LogP contribution in [0.4, 0.5) is 5.69 Å². The highest BCUT2D eigenvalue weighted by Crippen LogP contribution is 2.21. The number of carbonyl (C=O) groups is 1. The third kappa shape index (κ3) is 3.42. The maximum atomic E-state index is 11.9. The SMILES string of the molecule is N#C[C@@H](OC(=O)c1ccccc1)c1ccc([N+](=O)[O-])cc1. The molecular weight excluding hydrogens is 272 g/mol. The molecule has 0 aromatic heterocycles. The number of esters is 1. The summed E-state index contributed by atoms with van der Waals surface area (Å²) in [6.07, 6.45) is -1.11.